The normalized spacial score (nSPS) is 12.6. The Balaban J connectivity index is 1.82. The molecule has 0 unspecified atom stereocenters. The van der Waals surface area contributed by atoms with Gasteiger partial charge in [-0.3, -0.25) is 0 Å². The van der Waals surface area contributed by atoms with Crippen molar-refractivity contribution in [3.8, 4) is 0 Å². The number of hydrogen-bond acceptors (Lipinski definition) is 7. The van der Waals surface area contributed by atoms with Crippen molar-refractivity contribution < 1.29 is 44.8 Å². The molecule has 8 nitrogen and oxygen atoms in total. The van der Waals surface area contributed by atoms with Gasteiger partial charge in [-0.1, -0.05) is 60.7 Å². The molecule has 0 aliphatic carbocycles. The Morgan fingerprint density at radius 3 is 1.91 bits per heavy atom. The van der Waals surface area contributed by atoms with E-state index >= 15 is 0 Å². The molecule has 186 valence electrons. The summed E-state index contributed by atoms with van der Waals surface area (Å²) in [5.74, 6) is -1.24. The molecular weight excluding hydrogens is 479 g/mol. The van der Waals surface area contributed by atoms with Gasteiger partial charge in [0.25, 0.3) is 0 Å². The van der Waals surface area contributed by atoms with E-state index in [0.717, 1.165) is 5.56 Å². The highest BCUT2D eigenvalue weighted by molar-refractivity contribution is 7.87. The van der Waals surface area contributed by atoms with Gasteiger partial charge < -0.3 is 14.8 Å². The second-order valence-corrected chi connectivity index (χ2v) is 8.63. The van der Waals surface area contributed by atoms with Crippen LogP contribution < -0.4 is 5.32 Å². The zero-order valence-corrected chi connectivity index (χ0v) is 18.8. The van der Waals surface area contributed by atoms with Crippen molar-refractivity contribution in [2.75, 3.05) is 6.54 Å². The first kappa shape index (κ1) is 27.1. The number of hydrogen-bond donors (Lipinski definition) is 1. The molecule has 0 bridgehead atoms. The summed E-state index contributed by atoms with van der Waals surface area (Å²) in [4.78, 5) is 23.9. The smallest absolute Gasteiger partial charge is 0.459 e. The highest BCUT2D eigenvalue weighted by Crippen LogP contribution is 2.27. The Morgan fingerprint density at radius 2 is 1.38 bits per heavy atom. The van der Waals surface area contributed by atoms with Crippen LogP contribution in [0.3, 0.4) is 0 Å². The molecule has 0 radical (unpaired) electrons. The Morgan fingerprint density at radius 1 is 0.853 bits per heavy atom. The predicted molar refractivity (Wildman–Crippen MR) is 115 cm³/mol. The average molecular weight is 503 g/mol. The second-order valence-electron chi connectivity index (χ2n) is 7.06. The van der Waals surface area contributed by atoms with E-state index in [4.69, 9.17) is 9.47 Å². The van der Waals surface area contributed by atoms with E-state index < -0.39 is 33.8 Å². The molecule has 1 atom stereocenters. The highest BCUT2D eigenvalue weighted by Gasteiger charge is 2.49. The Kier molecular flexibility index (Phi) is 10.3. The van der Waals surface area contributed by atoms with Crippen molar-refractivity contribution >= 4 is 22.2 Å². The molecule has 0 spiro atoms. The minimum Gasteiger partial charge on any atom is -0.459 e. The van der Waals surface area contributed by atoms with E-state index in [9.17, 15) is 31.2 Å². The standard InChI is InChI=1S/C22H24F3NO7S/c23-22(24,25)34(29,30)33-19(20(27)31-15-17-9-3-1-4-10-17)13-7-8-14-26-21(28)32-16-18-11-5-2-6-12-18/h1-6,9-12,19H,7-8,13-16H2,(H,26,28)/t19-/m0/s1. The number of nitrogens with one attached hydrogen (secondary N) is 1. The maximum Gasteiger partial charge on any atom is 0.523 e. The number of carbonyl (C=O) groups is 2. The first-order valence-corrected chi connectivity index (χ1v) is 11.6. The van der Waals surface area contributed by atoms with E-state index in [0.29, 0.717) is 5.56 Å². The van der Waals surface area contributed by atoms with Crippen molar-refractivity contribution in [1.29, 1.82) is 0 Å². The third kappa shape index (κ3) is 9.40. The SMILES string of the molecule is O=C(NCCCC[C@H](OS(=O)(=O)C(F)(F)F)C(=O)OCc1ccccc1)OCc1ccccc1. The molecular formula is C22H24F3NO7S. The predicted octanol–water partition coefficient (Wildman–Crippen LogP) is 4.06. The number of unbranched alkanes of at least 4 members (excludes halogenated alkanes) is 1. The van der Waals surface area contributed by atoms with Gasteiger partial charge in [0.05, 0.1) is 0 Å². The quantitative estimate of drug-likeness (QED) is 0.201. The Bertz CT molecular complexity index is 1020. The van der Waals surface area contributed by atoms with Gasteiger partial charge in [0.1, 0.15) is 13.2 Å². The first-order chi connectivity index (χ1) is 16.1. The minimum absolute atomic E-state index is 0.0607. The molecule has 2 aromatic carbocycles. The highest BCUT2D eigenvalue weighted by atomic mass is 32.2. The summed E-state index contributed by atoms with van der Waals surface area (Å²) in [5, 5.41) is 2.46. The molecule has 0 heterocycles. The van der Waals surface area contributed by atoms with Gasteiger partial charge in [-0.2, -0.15) is 21.6 Å². The number of alkyl halides is 3. The molecule has 0 saturated heterocycles. The van der Waals surface area contributed by atoms with Crippen molar-refractivity contribution in [3.05, 3.63) is 71.8 Å². The number of amides is 1. The van der Waals surface area contributed by atoms with Gasteiger partial charge >= 0.3 is 27.7 Å². The van der Waals surface area contributed by atoms with Crippen molar-refractivity contribution in [3.63, 3.8) is 0 Å². The molecule has 0 aromatic heterocycles. The summed E-state index contributed by atoms with van der Waals surface area (Å²) >= 11 is 0. The lowest BCUT2D eigenvalue weighted by atomic mass is 10.1. The Hall–Kier alpha value is -3.12. The third-order valence-electron chi connectivity index (χ3n) is 4.39. The van der Waals surface area contributed by atoms with E-state index in [1.165, 1.54) is 0 Å². The first-order valence-electron chi connectivity index (χ1n) is 10.2. The maximum atomic E-state index is 12.7. The fourth-order valence-electron chi connectivity index (χ4n) is 2.65. The zero-order valence-electron chi connectivity index (χ0n) is 18.0. The van der Waals surface area contributed by atoms with Crippen LogP contribution in [0.4, 0.5) is 18.0 Å². The summed E-state index contributed by atoms with van der Waals surface area (Å²) < 4.78 is 75.0. The van der Waals surface area contributed by atoms with Crippen molar-refractivity contribution in [2.24, 2.45) is 0 Å². The zero-order chi connectivity index (χ0) is 25.0. The van der Waals surface area contributed by atoms with Gasteiger partial charge in [0.15, 0.2) is 6.10 Å². The molecule has 2 aromatic rings. The molecule has 1 amide bonds. The van der Waals surface area contributed by atoms with Crippen LogP contribution in [0.2, 0.25) is 0 Å². The van der Waals surface area contributed by atoms with E-state index in [2.05, 4.69) is 9.50 Å². The van der Waals surface area contributed by atoms with Gasteiger partial charge in [0, 0.05) is 6.54 Å². The minimum atomic E-state index is -6.01. The van der Waals surface area contributed by atoms with E-state index in [1.807, 2.05) is 6.07 Å². The number of carbonyl (C=O) groups excluding carboxylic acids is 2. The Labute approximate surface area is 195 Å². The number of esters is 1. The second kappa shape index (κ2) is 12.9. The summed E-state index contributed by atoms with van der Waals surface area (Å²) in [5.41, 5.74) is -4.33. The van der Waals surface area contributed by atoms with Crippen LogP contribution in [0.5, 0.6) is 0 Å². The van der Waals surface area contributed by atoms with Crippen LogP contribution in [0, 0.1) is 0 Å². The number of alkyl carbamates (subject to hydrolysis) is 1. The third-order valence-corrected chi connectivity index (χ3v) is 5.44. The summed E-state index contributed by atoms with van der Waals surface area (Å²) in [7, 11) is -6.01. The summed E-state index contributed by atoms with van der Waals surface area (Å²) in [6.07, 6.45) is -2.77. The molecule has 0 fully saturated rings. The molecule has 2 rings (SSSR count). The molecule has 1 N–H and O–H groups in total. The number of ether oxygens (including phenoxy) is 2. The molecule has 0 aliphatic heterocycles. The van der Waals surface area contributed by atoms with E-state index in [1.54, 1.807) is 54.6 Å². The van der Waals surface area contributed by atoms with Gasteiger partial charge in [-0.15, -0.1) is 0 Å². The van der Waals surface area contributed by atoms with Crippen LogP contribution in [-0.2, 0) is 41.8 Å². The molecule has 12 heteroatoms. The lowest BCUT2D eigenvalue weighted by Crippen LogP contribution is -2.35. The van der Waals surface area contributed by atoms with Crippen LogP contribution in [-0.4, -0.2) is 38.6 Å². The average Bonchev–Trinajstić information content (AvgIpc) is 2.80. The van der Waals surface area contributed by atoms with E-state index in [-0.39, 0.29) is 39.0 Å². The monoisotopic (exact) mass is 503 g/mol. The summed E-state index contributed by atoms with van der Waals surface area (Å²) in [6, 6.07) is 17.3. The fraction of sp³-hybridized carbons (Fsp3) is 0.364. The van der Waals surface area contributed by atoms with Gasteiger partial charge in [-0.25, -0.2) is 13.8 Å². The number of rotatable bonds is 12. The van der Waals surface area contributed by atoms with Crippen LogP contribution >= 0.6 is 0 Å². The summed E-state index contributed by atoms with van der Waals surface area (Å²) in [6.45, 7) is -0.114. The lowest BCUT2D eigenvalue weighted by Gasteiger charge is -2.17. The van der Waals surface area contributed by atoms with Gasteiger partial charge in [-0.05, 0) is 30.4 Å². The van der Waals surface area contributed by atoms with Crippen molar-refractivity contribution in [1.82, 2.24) is 5.32 Å². The van der Waals surface area contributed by atoms with Crippen LogP contribution in [0.1, 0.15) is 30.4 Å². The number of halogens is 3. The van der Waals surface area contributed by atoms with Crippen LogP contribution in [0.25, 0.3) is 0 Å². The molecule has 0 aliphatic rings. The topological polar surface area (TPSA) is 108 Å². The largest absolute Gasteiger partial charge is 0.523 e. The van der Waals surface area contributed by atoms with Crippen LogP contribution in [0.15, 0.2) is 60.7 Å². The van der Waals surface area contributed by atoms with Gasteiger partial charge in [0.2, 0.25) is 0 Å². The molecule has 0 saturated carbocycles. The lowest BCUT2D eigenvalue weighted by molar-refractivity contribution is -0.154. The number of benzene rings is 2. The fourth-order valence-corrected chi connectivity index (χ4v) is 3.24. The maximum absolute atomic E-state index is 12.7. The van der Waals surface area contributed by atoms with Crippen molar-refractivity contribution in [2.45, 2.75) is 44.1 Å². The molecule has 34 heavy (non-hydrogen) atoms.